The molecule has 0 unspecified atom stereocenters. The standard InChI is InChI=1S/Al.BH3.La.Mg.5H/h;1H3;;;;;;;. The van der Waals surface area contributed by atoms with Crippen molar-refractivity contribution >= 4 is 48.8 Å². The van der Waals surface area contributed by atoms with E-state index in [4.69, 9.17) is 0 Å². The summed E-state index contributed by atoms with van der Waals surface area (Å²) in [6, 6.07) is 0. The second kappa shape index (κ2) is 17.6. The molecule has 0 fully saturated rings. The van der Waals surface area contributed by atoms with Crippen molar-refractivity contribution in [2.24, 2.45) is 0 Å². The first-order valence-electron chi connectivity index (χ1n) is 0. The van der Waals surface area contributed by atoms with Crippen molar-refractivity contribution in [2.75, 3.05) is 0 Å². The van der Waals surface area contributed by atoms with Gasteiger partial charge in [0.1, 0.15) is 0 Å². The molecule has 0 spiro atoms. The zero-order valence-electron chi connectivity index (χ0n) is 0.577. The van der Waals surface area contributed by atoms with Crippen LogP contribution in [0.3, 0.4) is 0 Å². The Balaban J connectivity index is 0. The minimum absolute atomic E-state index is 0. The molecule has 0 aliphatic rings. The van der Waals surface area contributed by atoms with E-state index in [1.54, 1.807) is 0 Å². The van der Waals surface area contributed by atoms with E-state index in [0.29, 0.717) is 0 Å². The van der Waals surface area contributed by atoms with Crippen LogP contribution in [0.4, 0.5) is 0 Å². The van der Waals surface area contributed by atoms with Crippen LogP contribution in [-0.2, 0) is 0 Å². The Kier molecular flexibility index (Phi) is 137. The van der Waals surface area contributed by atoms with Crippen LogP contribution in [0, 0.1) is 35.6 Å². The third-order valence-electron chi connectivity index (χ3n) is 0. The van der Waals surface area contributed by atoms with E-state index in [-0.39, 0.29) is 84.4 Å². The molecule has 0 nitrogen and oxygen atoms in total. The molecule has 0 N–H and O–H groups in total. The van der Waals surface area contributed by atoms with Crippen LogP contribution in [-0.4, -0.2) is 48.8 Å². The van der Waals surface area contributed by atoms with Crippen molar-refractivity contribution in [1.82, 2.24) is 0 Å². The Hall–Kier alpha value is 2.56. The van der Waals surface area contributed by atoms with E-state index in [1.165, 1.54) is 0 Å². The van der Waals surface area contributed by atoms with Crippen LogP contribution in [0.25, 0.3) is 0 Å². The SMILES string of the molecule is B.[AlH3].[La].[MgH2]. The summed E-state index contributed by atoms with van der Waals surface area (Å²) in [5, 5.41) is 0. The molecule has 0 bridgehead atoms. The van der Waals surface area contributed by atoms with Gasteiger partial charge in [-0.3, -0.25) is 0 Å². The van der Waals surface area contributed by atoms with Gasteiger partial charge in [-0.05, 0) is 0 Å². The van der Waals surface area contributed by atoms with Crippen LogP contribution in [0.1, 0.15) is 0 Å². The average Bonchev–Trinajstić information content (AvgIpc) is 0. The molecule has 4 heteroatoms. The summed E-state index contributed by atoms with van der Waals surface area (Å²) in [7, 11) is 0. The van der Waals surface area contributed by atoms with E-state index in [1.807, 2.05) is 0 Å². The van der Waals surface area contributed by atoms with Crippen LogP contribution in [0.15, 0.2) is 0 Å². The Morgan fingerprint density at radius 3 is 1.00 bits per heavy atom. The van der Waals surface area contributed by atoms with Gasteiger partial charge < -0.3 is 0 Å². The Bertz CT molecular complexity index is 8.00. The molecule has 0 saturated heterocycles. The molecule has 0 aromatic rings. The van der Waals surface area contributed by atoms with Gasteiger partial charge in [0.15, 0.2) is 17.4 Å². The fourth-order valence-corrected chi connectivity index (χ4v) is 0. The van der Waals surface area contributed by atoms with Gasteiger partial charge in [0.05, 0.1) is 8.41 Å². The summed E-state index contributed by atoms with van der Waals surface area (Å²) >= 11 is 0. The van der Waals surface area contributed by atoms with E-state index in [9.17, 15) is 0 Å². The minimum atomic E-state index is 0. The van der Waals surface area contributed by atoms with Crippen LogP contribution >= 0.6 is 0 Å². The van der Waals surface area contributed by atoms with Gasteiger partial charge in [-0.2, -0.15) is 0 Å². The Morgan fingerprint density at radius 2 is 1.00 bits per heavy atom. The average molecular weight is 209 g/mol. The van der Waals surface area contributed by atoms with Crippen molar-refractivity contribution in [3.8, 4) is 0 Å². The van der Waals surface area contributed by atoms with Crippen molar-refractivity contribution < 1.29 is 35.6 Å². The van der Waals surface area contributed by atoms with Gasteiger partial charge >= 0.3 is 23.1 Å². The van der Waals surface area contributed by atoms with E-state index in [2.05, 4.69) is 0 Å². The molecule has 0 saturated carbocycles. The maximum Gasteiger partial charge on any atom is 0.316 e. The summed E-state index contributed by atoms with van der Waals surface area (Å²) < 4.78 is 0. The fraction of sp³-hybridized carbons (Fsp3) is 0. The van der Waals surface area contributed by atoms with Crippen molar-refractivity contribution in [2.45, 2.75) is 0 Å². The van der Waals surface area contributed by atoms with Gasteiger partial charge in [-0.25, -0.2) is 0 Å². The Morgan fingerprint density at radius 1 is 1.00 bits per heavy atom. The monoisotopic (exact) mass is 209 g/mol. The zero-order valence-corrected chi connectivity index (χ0v) is 4.20. The van der Waals surface area contributed by atoms with E-state index < -0.39 is 0 Å². The van der Waals surface area contributed by atoms with Gasteiger partial charge in [0.25, 0.3) is 0 Å². The second-order valence-corrected chi connectivity index (χ2v) is 0. The maximum atomic E-state index is 0. The third-order valence-corrected chi connectivity index (χ3v) is 0. The van der Waals surface area contributed by atoms with E-state index >= 15 is 0 Å². The summed E-state index contributed by atoms with van der Waals surface area (Å²) in [6.07, 6.45) is 0. The molecule has 19 valence electrons. The molecule has 0 heterocycles. The number of hydrogen-bond donors (Lipinski definition) is 0. The number of rotatable bonds is 0. The quantitative estimate of drug-likeness (QED) is 0.367. The van der Waals surface area contributed by atoms with E-state index in [0.717, 1.165) is 0 Å². The molecular formula is H8AlBLaMg. The molecule has 4 heavy (non-hydrogen) atoms. The summed E-state index contributed by atoms with van der Waals surface area (Å²) in [5.41, 5.74) is 0. The summed E-state index contributed by atoms with van der Waals surface area (Å²) in [5.74, 6) is 0. The topological polar surface area (TPSA) is 0 Å². The van der Waals surface area contributed by atoms with Crippen molar-refractivity contribution in [3.05, 3.63) is 0 Å². The van der Waals surface area contributed by atoms with Crippen LogP contribution in [0.5, 0.6) is 0 Å². The van der Waals surface area contributed by atoms with Gasteiger partial charge in [-0.15, -0.1) is 0 Å². The molecule has 0 aromatic carbocycles. The maximum absolute atomic E-state index is 0. The first kappa shape index (κ1) is 31.0. The molecule has 0 aliphatic heterocycles. The fourth-order valence-electron chi connectivity index (χ4n) is 0. The molecule has 0 atom stereocenters. The second-order valence-electron chi connectivity index (χ2n) is 0. The molecular weight excluding hydrogens is 201 g/mol. The van der Waals surface area contributed by atoms with Gasteiger partial charge in [-0.1, -0.05) is 0 Å². The molecule has 0 aliphatic carbocycles. The molecule has 0 rings (SSSR count). The minimum Gasteiger partial charge on any atom is 0 e. The molecule has 0 amide bonds. The van der Waals surface area contributed by atoms with Gasteiger partial charge in [0.2, 0.25) is 0 Å². The molecule has 0 aromatic heterocycles. The summed E-state index contributed by atoms with van der Waals surface area (Å²) in [4.78, 5) is 0. The Labute approximate surface area is 82.9 Å². The largest absolute Gasteiger partial charge is 0.316 e. The smallest absolute Gasteiger partial charge is 0 e. The van der Waals surface area contributed by atoms with Crippen molar-refractivity contribution in [1.29, 1.82) is 0 Å². The third kappa shape index (κ3) is 8.82. The predicted molar refractivity (Wildman–Crippen MR) is 28.4 cm³/mol. The van der Waals surface area contributed by atoms with Crippen molar-refractivity contribution in [3.63, 3.8) is 0 Å². The normalized spacial score (nSPS) is 0. The first-order chi connectivity index (χ1) is 0. The van der Waals surface area contributed by atoms with Crippen LogP contribution in [0.2, 0.25) is 0 Å². The predicted octanol–water partition coefficient (Wildman–Crippen LogP) is -3.28. The van der Waals surface area contributed by atoms with Crippen LogP contribution < -0.4 is 0 Å². The molecule has 1 radical (unpaired) electrons. The number of hydrogen-bond acceptors (Lipinski definition) is 0. The first-order valence-corrected chi connectivity index (χ1v) is 0. The summed E-state index contributed by atoms with van der Waals surface area (Å²) in [6.45, 7) is 0. The zero-order chi connectivity index (χ0) is 0. The van der Waals surface area contributed by atoms with Gasteiger partial charge in [0, 0.05) is 35.6 Å².